The Hall–Kier alpha value is -4.14. The van der Waals surface area contributed by atoms with Crippen molar-refractivity contribution in [3.05, 3.63) is 69.8 Å². The number of benzene rings is 2. The Morgan fingerprint density at radius 1 is 0.971 bits per heavy atom. The molecule has 0 fully saturated rings. The lowest BCUT2D eigenvalue weighted by Crippen LogP contribution is -2.21. The number of nitrogens with one attached hydrogen (secondary N) is 1. The number of hydrogen-bond donors (Lipinski definition) is 2. The van der Waals surface area contributed by atoms with Gasteiger partial charge in [0, 0.05) is 24.1 Å². The molecule has 0 bridgehead atoms. The van der Waals surface area contributed by atoms with E-state index in [-0.39, 0.29) is 29.4 Å². The number of rotatable bonds is 9. The third-order valence-electron chi connectivity index (χ3n) is 5.29. The molecule has 0 saturated heterocycles. The van der Waals surface area contributed by atoms with Crippen LogP contribution in [0.2, 0.25) is 0 Å². The van der Waals surface area contributed by atoms with Crippen LogP contribution in [-0.4, -0.2) is 39.5 Å². The van der Waals surface area contributed by atoms with Gasteiger partial charge in [-0.2, -0.15) is 0 Å². The standard InChI is InChI=1S/C25H27NO8/c1-14-10-19(27)23(25(29)34-14)18(13-22(28)26-16-6-8-17(30-2)9-7-16)15-11-20(31-3)24(33-5)21(12-15)32-4/h6-12,18,27H,13H2,1-5H3,(H,26,28). The Morgan fingerprint density at radius 3 is 2.09 bits per heavy atom. The largest absolute Gasteiger partial charge is 0.507 e. The van der Waals surface area contributed by atoms with Crippen molar-refractivity contribution >= 4 is 11.6 Å². The van der Waals surface area contributed by atoms with Gasteiger partial charge in [-0.3, -0.25) is 4.79 Å². The molecule has 1 atom stereocenters. The lowest BCUT2D eigenvalue weighted by atomic mass is 9.88. The van der Waals surface area contributed by atoms with Gasteiger partial charge in [0.05, 0.1) is 34.0 Å². The summed E-state index contributed by atoms with van der Waals surface area (Å²) in [5.74, 6) is 0.405. The first-order valence-electron chi connectivity index (χ1n) is 10.4. The van der Waals surface area contributed by atoms with Crippen molar-refractivity contribution in [2.24, 2.45) is 0 Å². The number of anilines is 1. The van der Waals surface area contributed by atoms with Crippen LogP contribution in [0.5, 0.6) is 28.7 Å². The number of ether oxygens (including phenoxy) is 4. The lowest BCUT2D eigenvalue weighted by molar-refractivity contribution is -0.116. The van der Waals surface area contributed by atoms with E-state index in [9.17, 15) is 14.7 Å². The van der Waals surface area contributed by atoms with E-state index in [1.54, 1.807) is 50.4 Å². The Labute approximate surface area is 196 Å². The second-order valence-electron chi connectivity index (χ2n) is 7.44. The van der Waals surface area contributed by atoms with Crippen molar-refractivity contribution in [2.75, 3.05) is 33.8 Å². The maximum Gasteiger partial charge on any atom is 0.343 e. The smallest absolute Gasteiger partial charge is 0.343 e. The summed E-state index contributed by atoms with van der Waals surface area (Å²) in [4.78, 5) is 25.8. The van der Waals surface area contributed by atoms with Crippen LogP contribution < -0.4 is 29.9 Å². The summed E-state index contributed by atoms with van der Waals surface area (Å²) < 4.78 is 26.6. The van der Waals surface area contributed by atoms with E-state index in [0.29, 0.717) is 34.2 Å². The number of carbonyl (C=O) groups is 1. The van der Waals surface area contributed by atoms with Crippen LogP contribution in [0.25, 0.3) is 0 Å². The van der Waals surface area contributed by atoms with E-state index in [4.69, 9.17) is 23.4 Å². The Balaban J connectivity index is 2.07. The molecular weight excluding hydrogens is 442 g/mol. The lowest BCUT2D eigenvalue weighted by Gasteiger charge is -2.21. The summed E-state index contributed by atoms with van der Waals surface area (Å²) >= 11 is 0. The predicted molar refractivity (Wildman–Crippen MR) is 126 cm³/mol. The van der Waals surface area contributed by atoms with Gasteiger partial charge >= 0.3 is 5.63 Å². The van der Waals surface area contributed by atoms with E-state index in [2.05, 4.69) is 5.32 Å². The zero-order chi connectivity index (χ0) is 24.8. The maximum atomic E-state index is 13.0. The third kappa shape index (κ3) is 5.25. The van der Waals surface area contributed by atoms with Crippen LogP contribution in [0.4, 0.5) is 5.69 Å². The minimum atomic E-state index is -0.871. The van der Waals surface area contributed by atoms with Crippen molar-refractivity contribution < 1.29 is 33.3 Å². The molecule has 0 spiro atoms. The van der Waals surface area contributed by atoms with Crippen LogP contribution in [0.3, 0.4) is 0 Å². The van der Waals surface area contributed by atoms with Crippen LogP contribution in [0, 0.1) is 6.92 Å². The molecule has 2 N–H and O–H groups in total. The Morgan fingerprint density at radius 2 is 1.59 bits per heavy atom. The summed E-state index contributed by atoms with van der Waals surface area (Å²) in [5, 5.41) is 13.4. The Kier molecular flexibility index (Phi) is 7.68. The van der Waals surface area contributed by atoms with Gasteiger partial charge in [0.15, 0.2) is 11.5 Å². The molecule has 3 aromatic rings. The van der Waals surface area contributed by atoms with Crippen molar-refractivity contribution in [1.82, 2.24) is 0 Å². The molecule has 0 saturated carbocycles. The van der Waals surface area contributed by atoms with Crippen LogP contribution in [0.1, 0.15) is 29.2 Å². The molecule has 1 aromatic heterocycles. The van der Waals surface area contributed by atoms with E-state index in [0.717, 1.165) is 0 Å². The number of hydrogen-bond acceptors (Lipinski definition) is 8. The van der Waals surface area contributed by atoms with E-state index in [1.807, 2.05) is 0 Å². The molecule has 0 aliphatic heterocycles. The average Bonchev–Trinajstić information content (AvgIpc) is 2.82. The average molecular weight is 469 g/mol. The van der Waals surface area contributed by atoms with Crippen molar-refractivity contribution in [3.8, 4) is 28.7 Å². The fraction of sp³-hybridized carbons (Fsp3) is 0.280. The topological polar surface area (TPSA) is 116 Å². The third-order valence-corrected chi connectivity index (χ3v) is 5.29. The fourth-order valence-electron chi connectivity index (χ4n) is 3.69. The highest BCUT2D eigenvalue weighted by atomic mass is 16.5. The van der Waals surface area contributed by atoms with Gasteiger partial charge in [-0.05, 0) is 48.9 Å². The highest BCUT2D eigenvalue weighted by Gasteiger charge is 2.28. The molecule has 1 unspecified atom stereocenters. The van der Waals surface area contributed by atoms with Gasteiger partial charge in [-0.25, -0.2) is 4.79 Å². The van der Waals surface area contributed by atoms with E-state index in [1.165, 1.54) is 27.4 Å². The normalized spacial score (nSPS) is 11.4. The van der Waals surface area contributed by atoms with Gasteiger partial charge < -0.3 is 33.8 Å². The summed E-state index contributed by atoms with van der Waals surface area (Å²) in [6.45, 7) is 1.55. The second kappa shape index (κ2) is 10.7. The molecule has 0 aliphatic rings. The van der Waals surface area contributed by atoms with Gasteiger partial charge in [-0.1, -0.05) is 0 Å². The van der Waals surface area contributed by atoms with Crippen LogP contribution in [-0.2, 0) is 4.79 Å². The molecule has 34 heavy (non-hydrogen) atoms. The second-order valence-corrected chi connectivity index (χ2v) is 7.44. The number of methoxy groups -OCH3 is 4. The molecule has 1 amide bonds. The van der Waals surface area contributed by atoms with Crippen LogP contribution in [0.15, 0.2) is 51.7 Å². The number of carbonyl (C=O) groups excluding carboxylic acids is 1. The number of aromatic hydroxyl groups is 1. The molecule has 0 aliphatic carbocycles. The van der Waals surface area contributed by atoms with E-state index < -0.39 is 11.5 Å². The summed E-state index contributed by atoms with van der Waals surface area (Å²) in [5.41, 5.74) is 0.249. The zero-order valence-corrected chi connectivity index (χ0v) is 19.6. The molecule has 1 heterocycles. The quantitative estimate of drug-likeness (QED) is 0.485. The highest BCUT2D eigenvalue weighted by Crippen LogP contribution is 2.43. The monoisotopic (exact) mass is 469 g/mol. The molecule has 0 radical (unpaired) electrons. The number of aryl methyl sites for hydroxylation is 1. The first kappa shape index (κ1) is 24.5. The summed E-state index contributed by atoms with van der Waals surface area (Å²) in [7, 11) is 5.95. The van der Waals surface area contributed by atoms with Crippen molar-refractivity contribution in [2.45, 2.75) is 19.3 Å². The maximum absolute atomic E-state index is 13.0. The van der Waals surface area contributed by atoms with E-state index >= 15 is 0 Å². The molecule has 3 rings (SSSR count). The van der Waals surface area contributed by atoms with Gasteiger partial charge in [0.2, 0.25) is 11.7 Å². The first-order chi connectivity index (χ1) is 16.3. The summed E-state index contributed by atoms with van der Waals surface area (Å²) in [6, 6.07) is 11.4. The summed E-state index contributed by atoms with van der Waals surface area (Å²) in [6.07, 6.45) is -0.175. The van der Waals surface area contributed by atoms with Gasteiger partial charge in [0.1, 0.15) is 17.3 Å². The van der Waals surface area contributed by atoms with Crippen LogP contribution >= 0.6 is 0 Å². The molecule has 9 nitrogen and oxygen atoms in total. The molecule has 9 heteroatoms. The van der Waals surface area contributed by atoms with Crippen molar-refractivity contribution in [1.29, 1.82) is 0 Å². The van der Waals surface area contributed by atoms with Gasteiger partial charge in [0.25, 0.3) is 0 Å². The SMILES string of the molecule is COc1ccc(NC(=O)CC(c2cc(OC)c(OC)c(OC)c2)c2c(O)cc(C)oc2=O)cc1. The van der Waals surface area contributed by atoms with Crippen molar-refractivity contribution in [3.63, 3.8) is 0 Å². The number of amides is 1. The molecule has 2 aromatic carbocycles. The highest BCUT2D eigenvalue weighted by molar-refractivity contribution is 5.91. The molecule has 180 valence electrons. The minimum absolute atomic E-state index is 0.0512. The fourth-order valence-corrected chi connectivity index (χ4v) is 3.69. The minimum Gasteiger partial charge on any atom is -0.507 e. The molecular formula is C25H27NO8. The Bertz CT molecular complexity index is 1190. The zero-order valence-electron chi connectivity index (χ0n) is 19.6. The predicted octanol–water partition coefficient (Wildman–Crippen LogP) is 3.85. The first-order valence-corrected chi connectivity index (χ1v) is 10.4. The van der Waals surface area contributed by atoms with Gasteiger partial charge in [-0.15, -0.1) is 0 Å².